The van der Waals surface area contributed by atoms with E-state index in [1.807, 2.05) is 0 Å². The quantitative estimate of drug-likeness (QED) is 0.393. The fourth-order valence-electron chi connectivity index (χ4n) is 1.08. The largest absolute Gasteiger partial charge is 0.550 e. The highest BCUT2D eigenvalue weighted by molar-refractivity contribution is 6.05. The van der Waals surface area contributed by atoms with E-state index in [1.165, 1.54) is 0 Å². The Morgan fingerprint density at radius 3 is 1.58 bits per heavy atom. The van der Waals surface area contributed by atoms with Crippen LogP contribution in [-0.2, 0) is 14.4 Å². The lowest BCUT2D eigenvalue weighted by Crippen LogP contribution is -2.48. The molecule has 6 nitrogen and oxygen atoms in total. The molecule has 0 aromatic rings. The van der Waals surface area contributed by atoms with E-state index in [2.05, 4.69) is 0 Å². The summed E-state index contributed by atoms with van der Waals surface area (Å²) in [4.78, 5) is 30.5. The van der Waals surface area contributed by atoms with Crippen molar-refractivity contribution in [3.8, 4) is 0 Å². The molecule has 66 valence electrons. The number of carbonyl (C=O) groups excluding carboxylic acids is 3. The summed E-state index contributed by atoms with van der Waals surface area (Å²) in [5, 5.41) is 30.5. The summed E-state index contributed by atoms with van der Waals surface area (Å²) < 4.78 is 0. The summed E-state index contributed by atoms with van der Waals surface area (Å²) in [5.41, 5.74) is -2.36. The Kier molecular flexibility index (Phi) is 1.56. The fraction of sp³-hybridized carbons (Fsp3) is 0.500. The minimum atomic E-state index is -2.36. The third-order valence-electron chi connectivity index (χ3n) is 1.97. The highest BCUT2D eigenvalue weighted by atomic mass is 16.4. The summed E-state index contributed by atoms with van der Waals surface area (Å²) >= 11 is 0. The van der Waals surface area contributed by atoms with Gasteiger partial charge in [-0.25, -0.2) is 0 Å². The molecule has 1 aliphatic rings. The normalized spacial score (nSPS) is 24.5. The maximum atomic E-state index is 10.2. The summed E-state index contributed by atoms with van der Waals surface area (Å²) in [5.74, 6) is -7.09. The van der Waals surface area contributed by atoms with Crippen molar-refractivity contribution < 1.29 is 29.7 Å². The Labute approximate surface area is 66.4 Å². The van der Waals surface area contributed by atoms with Gasteiger partial charge in [0.2, 0.25) is 0 Å². The molecule has 12 heavy (non-hydrogen) atoms. The van der Waals surface area contributed by atoms with Crippen molar-refractivity contribution in [2.24, 2.45) is 11.3 Å². The smallest absolute Gasteiger partial charge is 0.0581 e. The molecule has 0 amide bonds. The highest BCUT2D eigenvalue weighted by Gasteiger charge is 2.57. The van der Waals surface area contributed by atoms with Crippen LogP contribution < -0.4 is 15.3 Å². The molecule has 1 fully saturated rings. The van der Waals surface area contributed by atoms with Crippen molar-refractivity contribution >= 4 is 17.9 Å². The maximum absolute atomic E-state index is 10.2. The van der Waals surface area contributed by atoms with Crippen molar-refractivity contribution in [1.29, 1.82) is 0 Å². The minimum absolute atomic E-state index is 0.514. The monoisotopic (exact) mass is 171 g/mol. The molecule has 0 unspecified atom stereocenters. The molecule has 0 aromatic carbocycles. The summed E-state index contributed by atoms with van der Waals surface area (Å²) in [6.07, 6.45) is -0.514. The number of rotatable bonds is 3. The first-order valence-electron chi connectivity index (χ1n) is 3.06. The van der Waals surface area contributed by atoms with Gasteiger partial charge >= 0.3 is 0 Å². The lowest BCUT2D eigenvalue weighted by molar-refractivity contribution is -0.340. The Morgan fingerprint density at radius 2 is 1.50 bits per heavy atom. The van der Waals surface area contributed by atoms with E-state index in [0.717, 1.165) is 0 Å². The predicted octanol–water partition coefficient (Wildman–Crippen LogP) is -4.76. The summed E-state index contributed by atoms with van der Waals surface area (Å²) in [6, 6.07) is 0. The summed E-state index contributed by atoms with van der Waals surface area (Å²) in [7, 11) is 0. The maximum Gasteiger partial charge on any atom is 0.0581 e. The van der Waals surface area contributed by atoms with Crippen LogP contribution in [0.3, 0.4) is 0 Å². The molecule has 0 aliphatic heterocycles. The lowest BCUT2D eigenvalue weighted by atomic mass is 10.1. The van der Waals surface area contributed by atoms with Gasteiger partial charge in [0, 0.05) is 11.9 Å². The molecule has 0 N–H and O–H groups in total. The van der Waals surface area contributed by atoms with Gasteiger partial charge < -0.3 is 29.7 Å². The predicted molar refractivity (Wildman–Crippen MR) is 25.6 cm³/mol. The molecule has 0 bridgehead atoms. The number of aliphatic carboxylic acids is 3. The van der Waals surface area contributed by atoms with Crippen LogP contribution in [0.25, 0.3) is 0 Å². The molecular formula is C6H3O6-3. The number of hydrogen-bond acceptors (Lipinski definition) is 6. The molecule has 1 saturated carbocycles. The molecule has 6 heteroatoms. The Morgan fingerprint density at radius 1 is 1.08 bits per heavy atom. The first-order valence-corrected chi connectivity index (χ1v) is 3.06. The van der Waals surface area contributed by atoms with Crippen molar-refractivity contribution in [2.45, 2.75) is 6.42 Å². The second kappa shape index (κ2) is 2.20. The van der Waals surface area contributed by atoms with E-state index in [0.29, 0.717) is 0 Å². The second-order valence-electron chi connectivity index (χ2n) is 2.62. The third-order valence-corrected chi connectivity index (χ3v) is 1.97. The van der Waals surface area contributed by atoms with Gasteiger partial charge in [0.05, 0.1) is 17.4 Å². The van der Waals surface area contributed by atoms with Gasteiger partial charge in [-0.3, -0.25) is 0 Å². The van der Waals surface area contributed by atoms with Crippen LogP contribution in [0.4, 0.5) is 0 Å². The summed E-state index contributed by atoms with van der Waals surface area (Å²) in [6.45, 7) is 0. The molecule has 0 spiro atoms. The van der Waals surface area contributed by atoms with E-state index in [9.17, 15) is 29.7 Å². The molecule has 1 atom stereocenters. The molecule has 0 heterocycles. The Hall–Kier alpha value is -1.59. The van der Waals surface area contributed by atoms with Crippen LogP contribution in [-0.4, -0.2) is 17.9 Å². The van der Waals surface area contributed by atoms with Gasteiger partial charge in [0.25, 0.3) is 0 Å². The minimum Gasteiger partial charge on any atom is -0.550 e. The fourth-order valence-corrected chi connectivity index (χ4v) is 1.08. The molecule has 0 radical (unpaired) electrons. The number of carboxylic acids is 3. The van der Waals surface area contributed by atoms with Crippen molar-refractivity contribution in [1.82, 2.24) is 0 Å². The van der Waals surface area contributed by atoms with Gasteiger partial charge in [-0.1, -0.05) is 0 Å². The van der Waals surface area contributed by atoms with Crippen LogP contribution in [0.15, 0.2) is 0 Å². The van der Waals surface area contributed by atoms with Crippen LogP contribution in [0, 0.1) is 11.3 Å². The Bertz CT molecular complexity index is 253. The van der Waals surface area contributed by atoms with E-state index in [4.69, 9.17) is 0 Å². The SMILES string of the molecule is O=C([O-])[C@H]1CC1(C(=O)[O-])C(=O)[O-]. The van der Waals surface area contributed by atoms with Crippen LogP contribution in [0.2, 0.25) is 0 Å². The standard InChI is InChI=1S/C6H6O6/c7-3(8)2-1-6(2,4(9)10)5(11)12/h2H,1H2,(H,7,8)(H,9,10)(H,11,12)/p-3/t2-/m1/s1. The zero-order valence-corrected chi connectivity index (χ0v) is 5.73. The van der Waals surface area contributed by atoms with Gasteiger partial charge in [0.1, 0.15) is 0 Å². The molecule has 1 rings (SSSR count). The van der Waals surface area contributed by atoms with Crippen LogP contribution in [0.5, 0.6) is 0 Å². The van der Waals surface area contributed by atoms with Gasteiger partial charge in [0.15, 0.2) is 0 Å². The molecule has 0 aromatic heterocycles. The van der Waals surface area contributed by atoms with Crippen molar-refractivity contribution in [3.63, 3.8) is 0 Å². The number of hydrogen-bond donors (Lipinski definition) is 0. The lowest BCUT2D eigenvalue weighted by Gasteiger charge is -2.19. The zero-order valence-electron chi connectivity index (χ0n) is 5.73. The van der Waals surface area contributed by atoms with Crippen LogP contribution >= 0.6 is 0 Å². The molecule has 1 aliphatic carbocycles. The molecule has 0 saturated heterocycles. The number of carbonyl (C=O) groups is 3. The third kappa shape index (κ3) is 0.843. The zero-order chi connectivity index (χ0) is 9.52. The average Bonchev–Trinajstić information content (AvgIpc) is 2.60. The van der Waals surface area contributed by atoms with E-state index >= 15 is 0 Å². The van der Waals surface area contributed by atoms with E-state index in [1.54, 1.807) is 0 Å². The second-order valence-corrected chi connectivity index (χ2v) is 2.62. The Balaban J connectivity index is 2.90. The number of carboxylic acid groups (broad SMARTS) is 3. The van der Waals surface area contributed by atoms with Gasteiger partial charge in [-0.05, 0) is 6.42 Å². The van der Waals surface area contributed by atoms with Gasteiger partial charge in [-0.15, -0.1) is 0 Å². The molecular weight excluding hydrogens is 168 g/mol. The van der Waals surface area contributed by atoms with E-state index < -0.39 is 35.7 Å². The van der Waals surface area contributed by atoms with E-state index in [-0.39, 0.29) is 0 Å². The van der Waals surface area contributed by atoms with Crippen molar-refractivity contribution in [3.05, 3.63) is 0 Å². The highest BCUT2D eigenvalue weighted by Crippen LogP contribution is 2.51. The van der Waals surface area contributed by atoms with Gasteiger partial charge in [-0.2, -0.15) is 0 Å². The topological polar surface area (TPSA) is 120 Å². The van der Waals surface area contributed by atoms with Crippen molar-refractivity contribution in [2.75, 3.05) is 0 Å². The first-order chi connectivity index (χ1) is 5.43. The average molecular weight is 171 g/mol. The van der Waals surface area contributed by atoms with Crippen LogP contribution in [0.1, 0.15) is 6.42 Å². The first kappa shape index (κ1) is 8.51.